The average molecular weight is 671 g/mol. The van der Waals surface area contributed by atoms with Crippen LogP contribution in [0.5, 0.6) is 11.5 Å². The van der Waals surface area contributed by atoms with Gasteiger partial charge in [0.05, 0.1) is 6.54 Å². The maximum atomic E-state index is 13.8. The van der Waals surface area contributed by atoms with Gasteiger partial charge in [0.25, 0.3) is 0 Å². The topological polar surface area (TPSA) is 114 Å². The largest absolute Gasteiger partial charge is 0.485 e. The number of carbonyl (C=O) groups excluding carboxylic acids is 2. The van der Waals surface area contributed by atoms with E-state index >= 15 is 0 Å². The molecule has 0 saturated carbocycles. The van der Waals surface area contributed by atoms with Crippen molar-refractivity contribution in [2.75, 3.05) is 0 Å². The van der Waals surface area contributed by atoms with Crippen molar-refractivity contribution in [3.05, 3.63) is 167 Å². The van der Waals surface area contributed by atoms with Crippen molar-refractivity contribution in [2.24, 2.45) is 0 Å². The minimum absolute atomic E-state index is 0.0243. The lowest BCUT2D eigenvalue weighted by Gasteiger charge is -2.35. The minimum atomic E-state index is -1.28. The van der Waals surface area contributed by atoms with Gasteiger partial charge in [-0.1, -0.05) is 121 Å². The Kier molecular flexibility index (Phi) is 11.0. The molecule has 0 unspecified atom stereocenters. The summed E-state index contributed by atoms with van der Waals surface area (Å²) in [6, 6.07) is 39.3. The van der Waals surface area contributed by atoms with Gasteiger partial charge in [-0.15, -0.1) is 0 Å². The molecule has 1 aliphatic rings. The third-order valence-electron chi connectivity index (χ3n) is 8.53. The zero-order valence-corrected chi connectivity index (χ0v) is 27.4. The third-order valence-corrected chi connectivity index (χ3v) is 8.53. The first-order chi connectivity index (χ1) is 24.4. The minimum Gasteiger partial charge on any atom is -0.485 e. The lowest BCUT2D eigenvalue weighted by atomic mass is 9.93. The zero-order valence-electron chi connectivity index (χ0n) is 27.4. The summed E-state index contributed by atoms with van der Waals surface area (Å²) in [5.74, 6) is -0.820. The third kappa shape index (κ3) is 8.87. The van der Waals surface area contributed by atoms with E-state index in [9.17, 15) is 19.5 Å². The second-order valence-corrected chi connectivity index (χ2v) is 12.1. The van der Waals surface area contributed by atoms with E-state index in [1.165, 1.54) is 4.90 Å². The van der Waals surface area contributed by atoms with Crippen molar-refractivity contribution in [3.63, 3.8) is 0 Å². The van der Waals surface area contributed by atoms with Gasteiger partial charge in [-0.05, 0) is 45.5 Å². The summed E-state index contributed by atoms with van der Waals surface area (Å²) in [4.78, 5) is 41.1. The summed E-state index contributed by atoms with van der Waals surface area (Å²) in [5, 5.41) is 12.9. The van der Waals surface area contributed by atoms with Crippen LogP contribution in [0.15, 0.2) is 133 Å². The molecule has 6 rings (SSSR count). The number of amides is 2. The van der Waals surface area contributed by atoms with E-state index in [1.54, 1.807) is 18.2 Å². The molecule has 0 saturated heterocycles. The second-order valence-electron chi connectivity index (χ2n) is 12.1. The lowest BCUT2D eigenvalue weighted by Crippen LogP contribution is -2.56. The molecular formula is C41H38N2O7. The first kappa shape index (κ1) is 33.8. The number of ether oxygens (including phenoxy) is 3. The molecule has 0 spiro atoms. The molecule has 1 aliphatic heterocycles. The molecule has 2 amide bonds. The summed E-state index contributed by atoms with van der Waals surface area (Å²) >= 11 is 0. The van der Waals surface area contributed by atoms with Crippen LogP contribution in [-0.4, -0.2) is 40.1 Å². The van der Waals surface area contributed by atoms with Crippen molar-refractivity contribution < 1.29 is 33.7 Å². The highest BCUT2D eigenvalue weighted by Crippen LogP contribution is 2.31. The highest BCUT2D eigenvalue weighted by Gasteiger charge is 2.37. The van der Waals surface area contributed by atoms with Crippen LogP contribution >= 0.6 is 0 Å². The Bertz CT molecular complexity index is 1900. The van der Waals surface area contributed by atoms with Crippen molar-refractivity contribution in [2.45, 2.75) is 51.3 Å². The Balaban J connectivity index is 1.18. The zero-order chi connectivity index (χ0) is 34.7. The number of nitrogens with zero attached hydrogens (tertiary/aromatic N) is 1. The highest BCUT2D eigenvalue weighted by atomic mass is 16.6. The van der Waals surface area contributed by atoms with E-state index in [4.69, 9.17) is 14.2 Å². The summed E-state index contributed by atoms with van der Waals surface area (Å²) in [7, 11) is 0. The number of carboxylic acid groups (broad SMARTS) is 1. The van der Waals surface area contributed by atoms with Gasteiger partial charge in [0, 0.05) is 12.8 Å². The lowest BCUT2D eigenvalue weighted by molar-refractivity contribution is -0.142. The number of fused-ring (bicyclic) bond motifs is 1. The summed E-state index contributed by atoms with van der Waals surface area (Å²) in [6.07, 6.45) is -0.454. The Morgan fingerprint density at radius 2 is 1.20 bits per heavy atom. The average Bonchev–Trinajstić information content (AvgIpc) is 3.16. The highest BCUT2D eigenvalue weighted by molar-refractivity contribution is 5.90. The normalized spacial score (nSPS) is 14.2. The van der Waals surface area contributed by atoms with Gasteiger partial charge in [-0.2, -0.15) is 0 Å². The number of carbonyl (C=O) groups is 3. The Morgan fingerprint density at radius 1 is 0.660 bits per heavy atom. The first-order valence-corrected chi connectivity index (χ1v) is 16.5. The molecule has 0 fully saturated rings. The maximum absolute atomic E-state index is 13.8. The van der Waals surface area contributed by atoms with Crippen LogP contribution in [0.2, 0.25) is 0 Å². The SMILES string of the molecule is O=C(O)[C@@H](Cc1ccc(OCc2ccccc2)c(OCc2ccccc2)c1)NC(=O)[C@@H]1Cc2ccccc2CN1C(=O)OCc1ccccc1. The molecule has 254 valence electrons. The van der Waals surface area contributed by atoms with Crippen LogP contribution in [0.1, 0.15) is 33.4 Å². The smallest absolute Gasteiger partial charge is 0.411 e. The van der Waals surface area contributed by atoms with Crippen LogP contribution in [0, 0.1) is 0 Å². The van der Waals surface area contributed by atoms with E-state index in [1.807, 2.05) is 115 Å². The molecule has 9 heteroatoms. The van der Waals surface area contributed by atoms with E-state index < -0.39 is 30.1 Å². The number of benzene rings is 5. The molecule has 0 radical (unpaired) electrons. The molecule has 2 N–H and O–H groups in total. The second kappa shape index (κ2) is 16.3. The molecule has 1 heterocycles. The number of hydrogen-bond acceptors (Lipinski definition) is 6. The van der Waals surface area contributed by atoms with Crippen LogP contribution in [-0.2, 0) is 53.5 Å². The number of rotatable bonds is 13. The number of carboxylic acids is 1. The van der Waals surface area contributed by atoms with Crippen molar-refractivity contribution in [1.82, 2.24) is 10.2 Å². The van der Waals surface area contributed by atoms with Crippen molar-refractivity contribution in [1.29, 1.82) is 0 Å². The first-order valence-electron chi connectivity index (χ1n) is 16.5. The van der Waals surface area contributed by atoms with E-state index in [0.29, 0.717) is 23.7 Å². The van der Waals surface area contributed by atoms with Crippen LogP contribution in [0.4, 0.5) is 4.79 Å². The predicted octanol–water partition coefficient (Wildman–Crippen LogP) is 6.72. The Hall–Kier alpha value is -6.09. The van der Waals surface area contributed by atoms with Gasteiger partial charge in [-0.25, -0.2) is 9.59 Å². The number of hydrogen-bond donors (Lipinski definition) is 2. The fourth-order valence-electron chi connectivity index (χ4n) is 5.84. The van der Waals surface area contributed by atoms with Gasteiger partial charge in [0.2, 0.25) is 5.91 Å². The van der Waals surface area contributed by atoms with Crippen LogP contribution in [0.3, 0.4) is 0 Å². The number of aliphatic carboxylic acids is 1. The Morgan fingerprint density at radius 3 is 1.80 bits per heavy atom. The van der Waals surface area contributed by atoms with Gasteiger partial charge in [0.1, 0.15) is 31.9 Å². The van der Waals surface area contributed by atoms with E-state index in [0.717, 1.165) is 27.8 Å². The molecule has 0 aromatic heterocycles. The van der Waals surface area contributed by atoms with Gasteiger partial charge in [-0.3, -0.25) is 9.69 Å². The maximum Gasteiger partial charge on any atom is 0.411 e. The van der Waals surface area contributed by atoms with Gasteiger partial charge < -0.3 is 24.6 Å². The monoisotopic (exact) mass is 670 g/mol. The fourth-order valence-corrected chi connectivity index (χ4v) is 5.84. The standard InChI is InChI=1S/C41H38N2O7/c44-39(36-24-33-18-10-11-19-34(33)25-43(36)41(47)50-28-31-16-8-3-9-17-31)42-35(40(45)46)22-32-20-21-37(48-26-29-12-4-1-5-13-29)38(23-32)49-27-30-14-6-2-7-15-30/h1-21,23,35-36H,22,24-28H2,(H,42,44)(H,45,46)/t35-,36+/m1/s1. The predicted molar refractivity (Wildman–Crippen MR) is 187 cm³/mol. The molecule has 5 aromatic carbocycles. The fraction of sp³-hybridized carbons (Fsp3) is 0.195. The number of nitrogens with one attached hydrogen (secondary N) is 1. The Labute approximate surface area is 291 Å². The molecule has 0 bridgehead atoms. The molecule has 2 atom stereocenters. The quantitative estimate of drug-likeness (QED) is 0.143. The van der Waals surface area contributed by atoms with Crippen molar-refractivity contribution in [3.8, 4) is 11.5 Å². The summed E-state index contributed by atoms with van der Waals surface area (Å²) in [6.45, 7) is 0.810. The van der Waals surface area contributed by atoms with Crippen LogP contribution in [0.25, 0.3) is 0 Å². The molecule has 9 nitrogen and oxygen atoms in total. The molecule has 5 aromatic rings. The van der Waals surface area contributed by atoms with Crippen LogP contribution < -0.4 is 14.8 Å². The molecule has 0 aliphatic carbocycles. The molecule has 50 heavy (non-hydrogen) atoms. The summed E-state index contributed by atoms with van der Waals surface area (Å²) < 4.78 is 17.9. The van der Waals surface area contributed by atoms with E-state index in [-0.39, 0.29) is 32.6 Å². The summed E-state index contributed by atoms with van der Waals surface area (Å²) in [5.41, 5.74) is 5.21. The van der Waals surface area contributed by atoms with Gasteiger partial charge in [0.15, 0.2) is 11.5 Å². The van der Waals surface area contributed by atoms with E-state index in [2.05, 4.69) is 5.32 Å². The van der Waals surface area contributed by atoms with Gasteiger partial charge >= 0.3 is 12.1 Å². The van der Waals surface area contributed by atoms with Crippen molar-refractivity contribution >= 4 is 18.0 Å². The molecular weight excluding hydrogens is 632 g/mol.